The maximum absolute atomic E-state index is 12.7. The molecule has 2 saturated heterocycles. The summed E-state index contributed by atoms with van der Waals surface area (Å²) in [5.74, 6) is 1.20. The van der Waals surface area contributed by atoms with E-state index in [2.05, 4.69) is 15.3 Å². The minimum absolute atomic E-state index is 0.0303. The van der Waals surface area contributed by atoms with Gasteiger partial charge in [0.1, 0.15) is 6.10 Å². The van der Waals surface area contributed by atoms with Crippen molar-refractivity contribution >= 4 is 17.6 Å². The largest absolute Gasteiger partial charge is 0.470 e. The first-order valence-electron chi connectivity index (χ1n) is 8.75. The van der Waals surface area contributed by atoms with Crippen LogP contribution in [0.3, 0.4) is 0 Å². The molecule has 0 saturated carbocycles. The van der Waals surface area contributed by atoms with Crippen molar-refractivity contribution in [1.82, 2.24) is 20.2 Å². The van der Waals surface area contributed by atoms with Crippen molar-refractivity contribution in [3.8, 4) is 5.88 Å². The summed E-state index contributed by atoms with van der Waals surface area (Å²) in [7, 11) is 3.79. The molecular weight excluding hydrogens is 322 g/mol. The highest BCUT2D eigenvalue weighted by Crippen LogP contribution is 2.25. The standard InChI is InChI=1S/C17H25N5O3/c1-21(2)15-16(19-8-7-18-15)25-13-4-3-9-22(11-13)17(24)12-5-6-14(23)20-10-12/h7-8,12-13H,3-6,9-11H2,1-2H3,(H,20,23). The highest BCUT2D eigenvalue weighted by atomic mass is 16.5. The number of hydrogen-bond acceptors (Lipinski definition) is 6. The van der Waals surface area contributed by atoms with Gasteiger partial charge in [0.15, 0.2) is 5.82 Å². The molecule has 0 bridgehead atoms. The van der Waals surface area contributed by atoms with Crippen LogP contribution >= 0.6 is 0 Å². The van der Waals surface area contributed by atoms with Gasteiger partial charge in [-0.3, -0.25) is 9.59 Å². The number of carbonyl (C=O) groups excluding carboxylic acids is 2. The number of likely N-dealkylation sites (tertiary alicyclic amines) is 1. The van der Waals surface area contributed by atoms with Gasteiger partial charge in [-0.1, -0.05) is 0 Å². The third kappa shape index (κ3) is 4.18. The van der Waals surface area contributed by atoms with Crippen LogP contribution in [0.15, 0.2) is 12.4 Å². The van der Waals surface area contributed by atoms with Gasteiger partial charge in [0.25, 0.3) is 5.88 Å². The molecule has 2 aliphatic rings. The Balaban J connectivity index is 1.61. The van der Waals surface area contributed by atoms with Gasteiger partial charge in [0.2, 0.25) is 11.8 Å². The van der Waals surface area contributed by atoms with Crippen LogP contribution in [0.1, 0.15) is 25.7 Å². The lowest BCUT2D eigenvalue weighted by Gasteiger charge is -2.35. The molecule has 3 heterocycles. The van der Waals surface area contributed by atoms with E-state index < -0.39 is 0 Å². The minimum Gasteiger partial charge on any atom is -0.470 e. The predicted octanol–water partition coefficient (Wildman–Crippen LogP) is 0.439. The Hall–Kier alpha value is -2.38. The van der Waals surface area contributed by atoms with E-state index in [9.17, 15) is 9.59 Å². The first-order valence-corrected chi connectivity index (χ1v) is 8.75. The number of rotatable bonds is 4. The molecule has 8 heteroatoms. The molecule has 2 amide bonds. The fourth-order valence-electron chi connectivity index (χ4n) is 3.30. The average molecular weight is 347 g/mol. The summed E-state index contributed by atoms with van der Waals surface area (Å²) >= 11 is 0. The summed E-state index contributed by atoms with van der Waals surface area (Å²) in [6, 6.07) is 0. The molecule has 2 unspecified atom stereocenters. The van der Waals surface area contributed by atoms with Crippen LogP contribution in [0, 0.1) is 5.92 Å². The molecular formula is C17H25N5O3. The molecule has 2 aliphatic heterocycles. The number of carbonyl (C=O) groups is 2. The summed E-state index contributed by atoms with van der Waals surface area (Å²) in [5.41, 5.74) is 0. The first-order chi connectivity index (χ1) is 12.0. The lowest BCUT2D eigenvalue weighted by atomic mass is 9.96. The number of amides is 2. The van der Waals surface area contributed by atoms with E-state index in [1.165, 1.54) is 0 Å². The second-order valence-electron chi connectivity index (χ2n) is 6.79. The summed E-state index contributed by atoms with van der Waals surface area (Å²) in [4.78, 5) is 36.3. The SMILES string of the molecule is CN(C)c1nccnc1OC1CCCN(C(=O)C2CCC(=O)NC2)C1. The van der Waals surface area contributed by atoms with Crippen molar-refractivity contribution in [3.05, 3.63) is 12.4 Å². The number of aromatic nitrogens is 2. The molecule has 8 nitrogen and oxygen atoms in total. The molecule has 1 aromatic heterocycles. The fraction of sp³-hybridized carbons (Fsp3) is 0.647. The van der Waals surface area contributed by atoms with Crippen LogP contribution in [0.4, 0.5) is 5.82 Å². The Morgan fingerprint density at radius 2 is 2.12 bits per heavy atom. The van der Waals surface area contributed by atoms with Crippen LogP contribution in [-0.4, -0.2) is 66.5 Å². The van der Waals surface area contributed by atoms with E-state index in [0.717, 1.165) is 19.4 Å². The van der Waals surface area contributed by atoms with Crippen molar-refractivity contribution < 1.29 is 14.3 Å². The van der Waals surface area contributed by atoms with E-state index in [1.54, 1.807) is 12.4 Å². The zero-order chi connectivity index (χ0) is 17.8. The van der Waals surface area contributed by atoms with Crippen molar-refractivity contribution in [1.29, 1.82) is 0 Å². The summed E-state index contributed by atoms with van der Waals surface area (Å²) in [6.45, 7) is 1.73. The maximum atomic E-state index is 12.7. The van der Waals surface area contributed by atoms with Crippen LogP contribution in [0.25, 0.3) is 0 Å². The van der Waals surface area contributed by atoms with Gasteiger partial charge in [-0.2, -0.15) is 0 Å². The van der Waals surface area contributed by atoms with Gasteiger partial charge in [-0.15, -0.1) is 0 Å². The Morgan fingerprint density at radius 3 is 2.84 bits per heavy atom. The maximum Gasteiger partial charge on any atom is 0.257 e. The number of nitrogens with zero attached hydrogens (tertiary/aromatic N) is 4. The quantitative estimate of drug-likeness (QED) is 0.850. The number of hydrogen-bond donors (Lipinski definition) is 1. The molecule has 0 aromatic carbocycles. The molecule has 136 valence electrons. The van der Waals surface area contributed by atoms with E-state index in [-0.39, 0.29) is 23.8 Å². The lowest BCUT2D eigenvalue weighted by Crippen LogP contribution is -2.50. The highest BCUT2D eigenvalue weighted by Gasteiger charge is 2.32. The van der Waals surface area contributed by atoms with Gasteiger partial charge >= 0.3 is 0 Å². The predicted molar refractivity (Wildman–Crippen MR) is 92.3 cm³/mol. The first kappa shape index (κ1) is 17.4. The minimum atomic E-state index is -0.120. The Morgan fingerprint density at radius 1 is 1.32 bits per heavy atom. The van der Waals surface area contributed by atoms with E-state index >= 15 is 0 Å². The average Bonchev–Trinajstić information content (AvgIpc) is 2.62. The Kier molecular flexibility index (Phi) is 5.35. The van der Waals surface area contributed by atoms with Crippen LogP contribution < -0.4 is 15.0 Å². The molecule has 0 radical (unpaired) electrons. The van der Waals surface area contributed by atoms with E-state index in [1.807, 2.05) is 23.9 Å². The van der Waals surface area contributed by atoms with Gasteiger partial charge in [-0.25, -0.2) is 9.97 Å². The topological polar surface area (TPSA) is 87.7 Å². The smallest absolute Gasteiger partial charge is 0.257 e. The van der Waals surface area contributed by atoms with Crippen molar-refractivity contribution in [2.45, 2.75) is 31.8 Å². The molecule has 1 N–H and O–H groups in total. The number of nitrogens with one attached hydrogen (secondary N) is 1. The molecule has 1 aromatic rings. The fourth-order valence-corrected chi connectivity index (χ4v) is 3.30. The van der Waals surface area contributed by atoms with Crippen molar-refractivity contribution in [2.75, 3.05) is 38.6 Å². The van der Waals surface area contributed by atoms with Crippen LogP contribution in [-0.2, 0) is 9.59 Å². The summed E-state index contributed by atoms with van der Waals surface area (Å²) < 4.78 is 6.05. The number of piperidine rings is 2. The second-order valence-corrected chi connectivity index (χ2v) is 6.79. The molecule has 3 rings (SSSR count). The second kappa shape index (κ2) is 7.67. The summed E-state index contributed by atoms with van der Waals surface area (Å²) in [5, 5.41) is 2.78. The van der Waals surface area contributed by atoms with Crippen molar-refractivity contribution in [3.63, 3.8) is 0 Å². The lowest BCUT2D eigenvalue weighted by molar-refractivity contribution is -0.140. The highest BCUT2D eigenvalue weighted by molar-refractivity contribution is 5.83. The molecule has 2 atom stereocenters. The molecule has 0 spiro atoms. The zero-order valence-electron chi connectivity index (χ0n) is 14.8. The van der Waals surface area contributed by atoms with Gasteiger partial charge in [0.05, 0.1) is 12.5 Å². The number of anilines is 1. The van der Waals surface area contributed by atoms with E-state index in [0.29, 0.717) is 37.6 Å². The van der Waals surface area contributed by atoms with Gasteiger partial charge < -0.3 is 19.9 Å². The normalized spacial score (nSPS) is 23.8. The zero-order valence-corrected chi connectivity index (χ0v) is 14.8. The Bertz CT molecular complexity index is 626. The molecule has 0 aliphatic carbocycles. The van der Waals surface area contributed by atoms with Crippen LogP contribution in [0.2, 0.25) is 0 Å². The third-order valence-corrected chi connectivity index (χ3v) is 4.65. The monoisotopic (exact) mass is 347 g/mol. The third-order valence-electron chi connectivity index (χ3n) is 4.65. The summed E-state index contributed by atoms with van der Waals surface area (Å²) in [6.07, 6.45) is 5.99. The molecule has 2 fully saturated rings. The van der Waals surface area contributed by atoms with Crippen LogP contribution in [0.5, 0.6) is 5.88 Å². The Labute approximate surface area is 147 Å². The molecule has 25 heavy (non-hydrogen) atoms. The van der Waals surface area contributed by atoms with Gasteiger partial charge in [0, 0.05) is 46.0 Å². The van der Waals surface area contributed by atoms with Gasteiger partial charge in [-0.05, 0) is 19.3 Å². The number of ether oxygens (including phenoxy) is 1. The van der Waals surface area contributed by atoms with Crippen molar-refractivity contribution in [2.24, 2.45) is 5.92 Å². The van der Waals surface area contributed by atoms with E-state index in [4.69, 9.17) is 4.74 Å².